The summed E-state index contributed by atoms with van der Waals surface area (Å²) in [5.41, 5.74) is 4.21. The molecule has 1 aliphatic rings. The molecule has 2 unspecified atom stereocenters. The van der Waals surface area contributed by atoms with Gasteiger partial charge in [0.25, 0.3) is 15.6 Å². The number of phenols is 2. The van der Waals surface area contributed by atoms with Crippen molar-refractivity contribution in [1.82, 2.24) is 30.2 Å². The number of aromatic hydroxyl groups is 2. The zero-order valence-corrected chi connectivity index (χ0v) is 36.0. The first-order valence-corrected chi connectivity index (χ1v) is 23.0. The van der Waals surface area contributed by atoms with Crippen molar-refractivity contribution in [2.24, 2.45) is 5.41 Å². The highest BCUT2D eigenvalue weighted by Gasteiger charge is 2.47. The summed E-state index contributed by atoms with van der Waals surface area (Å²) < 4.78 is 65.5. The lowest BCUT2D eigenvalue weighted by atomic mass is 9.87. The third-order valence-corrected chi connectivity index (χ3v) is 12.3. The quantitative estimate of drug-likeness (QED) is 0.0305. The number of hydrogen-bond acceptors (Lipinski definition) is 25. The normalized spacial score (nSPS) is 20.7. The number of aliphatic hydroxyl groups excluding tert-OH is 2. The molecule has 0 radical (unpaired) electrons. The summed E-state index contributed by atoms with van der Waals surface area (Å²) in [5.74, 6) is -2.03. The van der Waals surface area contributed by atoms with Crippen LogP contribution < -0.4 is 40.7 Å². The number of phenolic OH excluding ortho intramolecular Hbond substituents is 2. The SMILES string of the molecule is COc1cc(/C=C/C(=O)SCCNC(=O)CCNC(=O)[C@H](O)C(C)(C)COP(=O)([O-])OP(=O)([O-])OC[C@H]2O[C@@H](n3cnc4c(N)ncnc43)[C@H](O)[C@@H]2OP(=O)([O-])[O-])c(O)cc1O. The Morgan fingerprint density at radius 2 is 1.74 bits per heavy atom. The van der Waals surface area contributed by atoms with Gasteiger partial charge in [0.2, 0.25) is 16.9 Å². The molecule has 3 aromatic rings. The fraction of sp³-hybridized carbons (Fsp3) is 0.484. The zero-order valence-electron chi connectivity index (χ0n) is 32.5. The number of aromatic nitrogens is 4. The van der Waals surface area contributed by atoms with Crippen LogP contribution in [0.5, 0.6) is 17.2 Å². The number of ether oxygens (including phenoxy) is 2. The first-order valence-electron chi connectivity index (χ1n) is 17.6. The number of nitrogens with zero attached hydrogens (tertiary/aromatic N) is 4. The average molecular weight is 956 g/mol. The maximum Gasteiger partial charge on any atom is 0.274 e. The van der Waals surface area contributed by atoms with Gasteiger partial charge in [-0.25, -0.2) is 19.3 Å². The molecular weight excluding hydrogens is 915 g/mol. The maximum absolute atomic E-state index is 12.6. The van der Waals surface area contributed by atoms with E-state index in [4.69, 9.17) is 15.2 Å². The zero-order chi connectivity index (χ0) is 46.2. The lowest BCUT2D eigenvalue weighted by molar-refractivity contribution is -0.347. The monoisotopic (exact) mass is 955 g/mol. The van der Waals surface area contributed by atoms with Gasteiger partial charge < -0.3 is 84.0 Å². The third kappa shape index (κ3) is 14.2. The minimum absolute atomic E-state index is 0.0309. The standard InChI is InChI=1S/C31H44N7O20P3S/c1-31(2,26(44)29(45)34-7-6-21(41)33-8-9-62-22(42)5-4-16-10-19(53-3)18(40)11-17(16)39)13-55-61(51,52)58-60(49,50)54-12-20-25(57-59(46,47)48)24(43)30(56-20)38-15-37-23-27(32)35-14-36-28(23)38/h4-5,10-11,14-15,20,24-26,30,39-40,43-44H,6-9,12-13H2,1-3H3,(H,33,41)(H,34,45)(H,49,50)(H,51,52)(H2,32,35,36)(H2,46,47,48)/p-4/b5-4+/t20-,24-,25-,26+,30-/m1/s1. The van der Waals surface area contributed by atoms with Gasteiger partial charge in [0, 0.05) is 42.3 Å². The second-order valence-electron chi connectivity index (χ2n) is 13.6. The topological polar surface area (TPSA) is 425 Å². The first kappa shape index (κ1) is 50.6. The molecule has 62 heavy (non-hydrogen) atoms. The van der Waals surface area contributed by atoms with E-state index in [1.807, 2.05) is 0 Å². The Hall–Kier alpha value is -4.08. The molecule has 7 atom stereocenters. The summed E-state index contributed by atoms with van der Waals surface area (Å²) in [5, 5.41) is 45.3. The van der Waals surface area contributed by atoms with E-state index in [2.05, 4.69) is 43.5 Å². The molecule has 2 amide bonds. The second-order valence-corrected chi connectivity index (χ2v) is 18.7. The van der Waals surface area contributed by atoms with E-state index >= 15 is 0 Å². The van der Waals surface area contributed by atoms with E-state index in [0.29, 0.717) is 0 Å². The Labute approximate surface area is 355 Å². The highest BCUT2D eigenvalue weighted by molar-refractivity contribution is 8.14. The Kier molecular flexibility index (Phi) is 17.2. The molecule has 0 saturated carbocycles. The van der Waals surface area contributed by atoms with Crippen LogP contribution in [0.1, 0.15) is 32.1 Å². The summed E-state index contributed by atoms with van der Waals surface area (Å²) >= 11 is 0.848. The van der Waals surface area contributed by atoms with Crippen molar-refractivity contribution in [3.63, 3.8) is 0 Å². The molecule has 3 heterocycles. The molecule has 0 spiro atoms. The van der Waals surface area contributed by atoms with Crippen LogP contribution in [-0.4, -0.2) is 120 Å². The number of benzene rings is 1. The number of imidazole rings is 1. The number of nitrogens with one attached hydrogen (secondary N) is 2. The van der Waals surface area contributed by atoms with Gasteiger partial charge >= 0.3 is 0 Å². The number of rotatable bonds is 22. The molecule has 0 bridgehead atoms. The minimum Gasteiger partial charge on any atom is -0.790 e. The van der Waals surface area contributed by atoms with Gasteiger partial charge in [-0.1, -0.05) is 25.6 Å². The predicted octanol–water partition coefficient (Wildman–Crippen LogP) is -2.73. The molecule has 1 fully saturated rings. The van der Waals surface area contributed by atoms with Gasteiger partial charge in [0.05, 0.1) is 34.5 Å². The van der Waals surface area contributed by atoms with E-state index < -0.39 is 89.7 Å². The van der Waals surface area contributed by atoms with Gasteiger partial charge in [0.15, 0.2) is 29.2 Å². The van der Waals surface area contributed by atoms with Gasteiger partial charge in [-0.05, 0) is 18.2 Å². The molecule has 1 aromatic carbocycles. The maximum atomic E-state index is 12.6. The van der Waals surface area contributed by atoms with Crippen LogP contribution in [-0.2, 0) is 50.7 Å². The highest BCUT2D eigenvalue weighted by Crippen LogP contribution is 2.56. The fourth-order valence-corrected chi connectivity index (χ4v) is 8.64. The summed E-state index contributed by atoms with van der Waals surface area (Å²) in [6.45, 7) is -0.217. The number of carbonyl (C=O) groups is 3. The van der Waals surface area contributed by atoms with Crippen LogP contribution >= 0.6 is 35.2 Å². The van der Waals surface area contributed by atoms with Gasteiger partial charge in [-0.15, -0.1) is 0 Å². The summed E-state index contributed by atoms with van der Waals surface area (Å²) in [4.78, 5) is 96.5. The van der Waals surface area contributed by atoms with E-state index in [-0.39, 0.29) is 65.1 Å². The number of anilines is 1. The first-order chi connectivity index (χ1) is 28.8. The number of amides is 2. The number of phosphoric ester groups is 3. The van der Waals surface area contributed by atoms with Crippen molar-refractivity contribution in [2.45, 2.75) is 50.9 Å². The number of thioether (sulfide) groups is 1. The van der Waals surface area contributed by atoms with Crippen molar-refractivity contribution in [3.05, 3.63) is 36.4 Å². The molecule has 0 aliphatic carbocycles. The van der Waals surface area contributed by atoms with Crippen molar-refractivity contribution in [1.29, 1.82) is 0 Å². The van der Waals surface area contributed by atoms with Crippen molar-refractivity contribution >= 4 is 75.2 Å². The van der Waals surface area contributed by atoms with Gasteiger partial charge in [0.1, 0.15) is 42.0 Å². The van der Waals surface area contributed by atoms with E-state index in [1.165, 1.54) is 39.2 Å². The van der Waals surface area contributed by atoms with Crippen molar-refractivity contribution in [2.75, 3.05) is 44.9 Å². The summed E-state index contributed by atoms with van der Waals surface area (Å²) in [7, 11) is -16.4. The Bertz CT molecular complexity index is 2280. The Morgan fingerprint density at radius 3 is 2.42 bits per heavy atom. The van der Waals surface area contributed by atoms with Crippen LogP contribution in [0.25, 0.3) is 17.2 Å². The van der Waals surface area contributed by atoms with Crippen LogP contribution in [0.4, 0.5) is 5.82 Å². The molecule has 27 nitrogen and oxygen atoms in total. The highest BCUT2D eigenvalue weighted by atomic mass is 32.2. The van der Waals surface area contributed by atoms with Crippen LogP contribution in [0.15, 0.2) is 30.9 Å². The number of carbonyl (C=O) groups excluding carboxylic acids is 3. The fourth-order valence-electron chi connectivity index (χ4n) is 5.33. The summed E-state index contributed by atoms with van der Waals surface area (Å²) in [6.07, 6.45) is -5.32. The lowest BCUT2D eigenvalue weighted by Crippen LogP contribution is -2.46. The number of aliphatic hydroxyl groups is 2. The molecule has 1 aliphatic heterocycles. The van der Waals surface area contributed by atoms with Crippen molar-refractivity contribution in [3.8, 4) is 17.2 Å². The molecule has 1 saturated heterocycles. The summed E-state index contributed by atoms with van der Waals surface area (Å²) in [6, 6.07) is 2.38. The molecule has 4 rings (SSSR count). The molecule has 31 heteroatoms. The molecule has 8 N–H and O–H groups in total. The van der Waals surface area contributed by atoms with Crippen molar-refractivity contribution < 1.29 is 95.4 Å². The van der Waals surface area contributed by atoms with Crippen LogP contribution in [0.2, 0.25) is 0 Å². The van der Waals surface area contributed by atoms with Gasteiger partial charge in [-0.2, -0.15) is 0 Å². The largest absolute Gasteiger partial charge is 0.790 e. The van der Waals surface area contributed by atoms with Gasteiger partial charge in [-0.3, -0.25) is 28.1 Å². The third-order valence-electron chi connectivity index (χ3n) is 8.45. The second kappa shape index (κ2) is 21.1. The van der Waals surface area contributed by atoms with Crippen LogP contribution in [0.3, 0.4) is 0 Å². The number of methoxy groups -OCH3 is 1. The molecule has 344 valence electrons. The lowest BCUT2D eigenvalue weighted by Gasteiger charge is -2.36. The predicted molar refractivity (Wildman–Crippen MR) is 204 cm³/mol. The Balaban J connectivity index is 1.20. The number of nitrogens with two attached hydrogens (primary N) is 1. The van der Waals surface area contributed by atoms with E-state index in [0.717, 1.165) is 35.0 Å². The smallest absolute Gasteiger partial charge is 0.274 e. The minimum atomic E-state index is -5.94. The number of nitrogen functional groups attached to an aromatic ring is 1. The molecular formula is C31H40N7O20P3S-4. The van der Waals surface area contributed by atoms with E-state index in [1.54, 1.807) is 0 Å². The number of phosphoric acid groups is 3. The van der Waals surface area contributed by atoms with Crippen LogP contribution in [0, 0.1) is 5.41 Å². The average Bonchev–Trinajstić information content (AvgIpc) is 3.74. The van der Waals surface area contributed by atoms with E-state index in [9.17, 15) is 68.1 Å². The number of hydrogen-bond donors (Lipinski definition) is 7. The molecule has 2 aromatic heterocycles. The number of fused-ring (bicyclic) bond motifs is 1. The Morgan fingerprint density at radius 1 is 1.05 bits per heavy atom.